The third-order valence-corrected chi connectivity index (χ3v) is 7.58. The highest BCUT2D eigenvalue weighted by atomic mass is 32.2. The summed E-state index contributed by atoms with van der Waals surface area (Å²) in [4.78, 5) is 15.3. The molecule has 0 amide bonds. The third-order valence-electron chi connectivity index (χ3n) is 6.27. The van der Waals surface area contributed by atoms with Gasteiger partial charge in [-0.3, -0.25) is 0 Å². The van der Waals surface area contributed by atoms with E-state index in [1.807, 2.05) is 6.92 Å². The topological polar surface area (TPSA) is 122 Å². The lowest BCUT2D eigenvalue weighted by atomic mass is 10.0. The van der Waals surface area contributed by atoms with Crippen LogP contribution in [0.1, 0.15) is 36.9 Å². The van der Waals surface area contributed by atoms with Crippen LogP contribution in [0.2, 0.25) is 0 Å². The fourth-order valence-electron chi connectivity index (χ4n) is 4.35. The van der Waals surface area contributed by atoms with Gasteiger partial charge in [0.2, 0.25) is 10.0 Å². The number of anilines is 1. The van der Waals surface area contributed by atoms with Crippen molar-refractivity contribution in [2.75, 3.05) is 31.8 Å². The Bertz CT molecular complexity index is 1400. The number of fused-ring (bicyclic) bond motifs is 1. The maximum Gasteiger partial charge on any atom is 0.211 e. The predicted molar refractivity (Wildman–Crippen MR) is 127 cm³/mol. The maximum absolute atomic E-state index is 13.8. The maximum atomic E-state index is 13.8. The molecule has 35 heavy (non-hydrogen) atoms. The fourth-order valence-corrected chi connectivity index (χ4v) is 5.19. The molecule has 2 N–H and O–H groups in total. The van der Waals surface area contributed by atoms with Gasteiger partial charge in [0.1, 0.15) is 17.4 Å². The van der Waals surface area contributed by atoms with E-state index in [-0.39, 0.29) is 11.9 Å². The average Bonchev–Trinajstić information content (AvgIpc) is 3.42. The molecule has 11 nitrogen and oxygen atoms in total. The first-order chi connectivity index (χ1) is 16.7. The van der Waals surface area contributed by atoms with Crippen molar-refractivity contribution in [1.29, 1.82) is 0 Å². The zero-order chi connectivity index (χ0) is 24.8. The highest BCUT2D eigenvalue weighted by Gasteiger charge is 2.42. The standard InChI is InChI=1S/C22H26FN7O4S/c1-14(16-12-15(23)4-5-18(16)33-2)25-19-6-9-30-21(26-19)17(13-24-30)20-27-22(34-28-20)7-10-29(11-8-22)35(3,31)32/h4-6,9,12-14H,7-8,10-11H2,1-3H3,(H,25,26)(H,27,28)/t14-/m1/s1. The van der Waals surface area contributed by atoms with Crippen molar-refractivity contribution in [3.05, 3.63) is 53.6 Å². The molecule has 13 heteroatoms. The minimum absolute atomic E-state index is 0.282. The Morgan fingerprint density at radius 3 is 2.77 bits per heavy atom. The summed E-state index contributed by atoms with van der Waals surface area (Å²) >= 11 is 0. The van der Waals surface area contributed by atoms with E-state index in [1.165, 1.54) is 22.7 Å². The van der Waals surface area contributed by atoms with Crippen LogP contribution >= 0.6 is 0 Å². The molecule has 2 aromatic heterocycles. The van der Waals surface area contributed by atoms with Crippen LogP contribution in [0.4, 0.5) is 10.2 Å². The Kier molecular flexibility index (Phi) is 5.85. The van der Waals surface area contributed by atoms with Gasteiger partial charge < -0.3 is 10.1 Å². The van der Waals surface area contributed by atoms with Gasteiger partial charge in [-0.2, -0.15) is 5.10 Å². The van der Waals surface area contributed by atoms with E-state index in [0.29, 0.717) is 60.1 Å². The Morgan fingerprint density at radius 1 is 1.29 bits per heavy atom. The predicted octanol–water partition coefficient (Wildman–Crippen LogP) is 2.08. The number of sulfonamides is 1. The molecule has 0 unspecified atom stereocenters. The van der Waals surface area contributed by atoms with Crippen LogP contribution in [0.5, 0.6) is 5.75 Å². The first kappa shape index (κ1) is 23.5. The Morgan fingerprint density at radius 2 is 2.06 bits per heavy atom. The molecule has 0 radical (unpaired) electrons. The molecule has 1 spiro atoms. The molecular formula is C22H26FN7O4S. The Balaban J connectivity index is 1.39. The molecule has 0 saturated carbocycles. The first-order valence-electron chi connectivity index (χ1n) is 11.1. The number of hydroxylamine groups is 1. The quantitative estimate of drug-likeness (QED) is 0.524. The summed E-state index contributed by atoms with van der Waals surface area (Å²) < 4.78 is 45.9. The zero-order valence-corrected chi connectivity index (χ0v) is 20.3. The number of aliphatic imine (C=N–C) groups is 1. The number of methoxy groups -OCH3 is 1. The molecular weight excluding hydrogens is 477 g/mol. The summed E-state index contributed by atoms with van der Waals surface area (Å²) in [6, 6.07) is 5.87. The van der Waals surface area contributed by atoms with Crippen LogP contribution in [0.3, 0.4) is 0 Å². The van der Waals surface area contributed by atoms with Gasteiger partial charge >= 0.3 is 0 Å². The van der Waals surface area contributed by atoms with Crippen molar-refractivity contribution >= 4 is 27.3 Å². The summed E-state index contributed by atoms with van der Waals surface area (Å²) in [5, 5.41) is 7.63. The van der Waals surface area contributed by atoms with Crippen molar-refractivity contribution in [3.63, 3.8) is 0 Å². The fraction of sp³-hybridized carbons (Fsp3) is 0.409. The number of piperidine rings is 1. The molecule has 2 aliphatic heterocycles. The van der Waals surface area contributed by atoms with Crippen LogP contribution < -0.4 is 15.5 Å². The van der Waals surface area contributed by atoms with E-state index in [4.69, 9.17) is 19.6 Å². The highest BCUT2D eigenvalue weighted by molar-refractivity contribution is 7.88. The molecule has 1 atom stereocenters. The largest absolute Gasteiger partial charge is 0.496 e. The average molecular weight is 504 g/mol. The number of hydrogen-bond donors (Lipinski definition) is 2. The van der Waals surface area contributed by atoms with Gasteiger partial charge in [0.25, 0.3) is 0 Å². The summed E-state index contributed by atoms with van der Waals surface area (Å²) in [5.74, 6) is 1.27. The van der Waals surface area contributed by atoms with E-state index < -0.39 is 15.7 Å². The van der Waals surface area contributed by atoms with E-state index in [9.17, 15) is 12.8 Å². The molecule has 1 fully saturated rings. The van der Waals surface area contributed by atoms with Crippen LogP contribution in [0.25, 0.3) is 5.65 Å². The molecule has 4 heterocycles. The monoisotopic (exact) mass is 503 g/mol. The number of hydrogen-bond acceptors (Lipinski definition) is 9. The molecule has 3 aromatic rings. The minimum Gasteiger partial charge on any atom is -0.496 e. The molecule has 1 saturated heterocycles. The third kappa shape index (κ3) is 4.54. The second-order valence-corrected chi connectivity index (χ2v) is 10.6. The summed E-state index contributed by atoms with van der Waals surface area (Å²) in [5.41, 5.74) is 3.91. The molecule has 0 aliphatic carbocycles. The summed E-state index contributed by atoms with van der Waals surface area (Å²) in [6.45, 7) is 2.56. The molecule has 1 aromatic carbocycles. The molecule has 0 bridgehead atoms. The van der Waals surface area contributed by atoms with Gasteiger partial charge in [-0.25, -0.2) is 41.9 Å². The van der Waals surface area contributed by atoms with Crippen molar-refractivity contribution in [1.82, 2.24) is 24.4 Å². The second-order valence-electron chi connectivity index (χ2n) is 8.66. The number of aromatic nitrogens is 3. The van der Waals surface area contributed by atoms with Crippen molar-refractivity contribution in [2.24, 2.45) is 4.99 Å². The number of nitrogens with zero attached hydrogens (tertiary/aromatic N) is 5. The molecule has 2 aliphatic rings. The van der Waals surface area contributed by atoms with Crippen molar-refractivity contribution in [2.45, 2.75) is 31.5 Å². The Labute approximate surface area is 202 Å². The normalized spacial score (nSPS) is 18.9. The number of benzene rings is 1. The minimum atomic E-state index is -3.25. The van der Waals surface area contributed by atoms with Gasteiger partial charge in [0.15, 0.2) is 17.2 Å². The van der Waals surface area contributed by atoms with E-state index in [2.05, 4.69) is 15.9 Å². The number of nitrogens with one attached hydrogen (secondary N) is 2. The van der Waals surface area contributed by atoms with Gasteiger partial charge in [-0.1, -0.05) is 0 Å². The number of ether oxygens (including phenoxy) is 1. The molecule has 186 valence electrons. The smallest absolute Gasteiger partial charge is 0.211 e. The zero-order valence-electron chi connectivity index (χ0n) is 19.5. The summed E-state index contributed by atoms with van der Waals surface area (Å²) in [7, 11) is -1.71. The lowest BCUT2D eigenvalue weighted by Gasteiger charge is -2.34. The molecule has 5 rings (SSSR count). The van der Waals surface area contributed by atoms with Gasteiger partial charge in [-0.15, -0.1) is 0 Å². The van der Waals surface area contributed by atoms with E-state index in [1.54, 1.807) is 36.2 Å². The second kappa shape index (κ2) is 8.73. The first-order valence-corrected chi connectivity index (χ1v) is 13.0. The van der Waals surface area contributed by atoms with Gasteiger partial charge in [-0.05, 0) is 31.2 Å². The van der Waals surface area contributed by atoms with Crippen molar-refractivity contribution < 1.29 is 22.4 Å². The van der Waals surface area contributed by atoms with Crippen LogP contribution in [-0.2, 0) is 14.9 Å². The Hall–Kier alpha value is -3.29. The number of amidine groups is 1. The SMILES string of the molecule is COc1ccc(F)cc1[C@@H](C)Nc1ccn2ncc(C3=NC4(CCN(S(C)(=O)=O)CC4)ON3)c2n1. The lowest BCUT2D eigenvalue weighted by Crippen LogP contribution is -2.46. The van der Waals surface area contributed by atoms with Crippen LogP contribution in [0.15, 0.2) is 41.7 Å². The van der Waals surface area contributed by atoms with E-state index in [0.717, 1.165) is 0 Å². The van der Waals surface area contributed by atoms with Crippen LogP contribution in [-0.4, -0.2) is 65.3 Å². The van der Waals surface area contributed by atoms with Crippen LogP contribution in [0, 0.1) is 5.82 Å². The van der Waals surface area contributed by atoms with E-state index >= 15 is 0 Å². The van der Waals surface area contributed by atoms with Gasteiger partial charge in [0, 0.05) is 37.7 Å². The van der Waals surface area contributed by atoms with Gasteiger partial charge in [0.05, 0.1) is 31.2 Å². The lowest BCUT2D eigenvalue weighted by molar-refractivity contribution is -0.0805. The number of halogens is 1. The number of rotatable bonds is 6. The highest BCUT2D eigenvalue weighted by Crippen LogP contribution is 2.33. The summed E-state index contributed by atoms with van der Waals surface area (Å²) in [6.07, 6.45) is 5.48. The van der Waals surface area contributed by atoms with Crippen molar-refractivity contribution in [3.8, 4) is 5.75 Å².